The van der Waals surface area contributed by atoms with Crippen LogP contribution in [-0.2, 0) is 16.1 Å². The van der Waals surface area contributed by atoms with Crippen LogP contribution in [0, 0.1) is 20.8 Å². The number of hydrogen-bond donors (Lipinski definition) is 2. The molecule has 8 heteroatoms. The standard InChI is InChI=1S/C20H21N5O3/c1-12-8-13(2)19(14(3)9-12)22-17(26)10-21-18(27)11-25-20(28)15-6-4-5-7-16(15)23-24-25/h4-9H,10-11H2,1-3H3,(H,21,27)(H,22,26). The molecule has 2 N–H and O–H groups in total. The second-order valence-electron chi connectivity index (χ2n) is 6.67. The molecule has 0 saturated carbocycles. The Bertz CT molecular complexity index is 1100. The van der Waals surface area contributed by atoms with Crippen molar-refractivity contribution in [3.8, 4) is 0 Å². The van der Waals surface area contributed by atoms with Gasteiger partial charge in [-0.1, -0.05) is 35.0 Å². The summed E-state index contributed by atoms with van der Waals surface area (Å²) >= 11 is 0. The molecule has 0 aliphatic carbocycles. The number of anilines is 1. The highest BCUT2D eigenvalue weighted by Crippen LogP contribution is 2.21. The molecule has 144 valence electrons. The van der Waals surface area contributed by atoms with E-state index in [9.17, 15) is 14.4 Å². The summed E-state index contributed by atoms with van der Waals surface area (Å²) in [5.74, 6) is -0.848. The molecule has 0 radical (unpaired) electrons. The average molecular weight is 379 g/mol. The van der Waals surface area contributed by atoms with E-state index in [0.29, 0.717) is 10.9 Å². The fraction of sp³-hybridized carbons (Fsp3) is 0.250. The van der Waals surface area contributed by atoms with Crippen molar-refractivity contribution in [1.29, 1.82) is 0 Å². The van der Waals surface area contributed by atoms with Crippen LogP contribution in [0.2, 0.25) is 0 Å². The van der Waals surface area contributed by atoms with Crippen LogP contribution in [0.25, 0.3) is 10.9 Å². The van der Waals surface area contributed by atoms with Crippen LogP contribution in [-0.4, -0.2) is 33.4 Å². The third kappa shape index (κ3) is 4.22. The highest BCUT2D eigenvalue weighted by atomic mass is 16.2. The molecule has 3 rings (SSSR count). The highest BCUT2D eigenvalue weighted by Gasteiger charge is 2.12. The summed E-state index contributed by atoms with van der Waals surface area (Å²) in [5, 5.41) is 13.4. The minimum atomic E-state index is -0.501. The summed E-state index contributed by atoms with van der Waals surface area (Å²) in [6, 6.07) is 10.7. The molecule has 3 aromatic rings. The third-order valence-electron chi connectivity index (χ3n) is 4.31. The number of benzene rings is 2. The van der Waals surface area contributed by atoms with Gasteiger partial charge in [-0.25, -0.2) is 4.68 Å². The molecule has 0 aliphatic heterocycles. The Morgan fingerprint density at radius 1 is 1.04 bits per heavy atom. The van der Waals surface area contributed by atoms with E-state index in [1.165, 1.54) is 0 Å². The van der Waals surface area contributed by atoms with E-state index in [0.717, 1.165) is 27.1 Å². The monoisotopic (exact) mass is 379 g/mol. The first kappa shape index (κ1) is 19.2. The topological polar surface area (TPSA) is 106 Å². The largest absolute Gasteiger partial charge is 0.345 e. The minimum Gasteiger partial charge on any atom is -0.345 e. The number of hydrogen-bond acceptors (Lipinski definition) is 5. The number of fused-ring (bicyclic) bond motifs is 1. The number of aryl methyl sites for hydroxylation is 3. The Kier molecular flexibility index (Phi) is 5.49. The lowest BCUT2D eigenvalue weighted by Crippen LogP contribution is -2.38. The van der Waals surface area contributed by atoms with Crippen LogP contribution in [0.3, 0.4) is 0 Å². The zero-order valence-corrected chi connectivity index (χ0v) is 15.9. The summed E-state index contributed by atoms with van der Waals surface area (Å²) in [6.07, 6.45) is 0. The fourth-order valence-corrected chi connectivity index (χ4v) is 3.06. The number of carbonyl (C=O) groups excluding carboxylic acids is 2. The van der Waals surface area contributed by atoms with Crippen molar-refractivity contribution >= 4 is 28.4 Å². The maximum absolute atomic E-state index is 12.3. The van der Waals surface area contributed by atoms with Crippen LogP contribution < -0.4 is 16.2 Å². The van der Waals surface area contributed by atoms with Gasteiger partial charge in [0.15, 0.2) is 0 Å². The number of nitrogens with zero attached hydrogens (tertiary/aromatic N) is 3. The molecule has 0 fully saturated rings. The highest BCUT2D eigenvalue weighted by molar-refractivity contribution is 5.95. The Labute approximate surface area is 161 Å². The van der Waals surface area contributed by atoms with Gasteiger partial charge in [-0.2, -0.15) is 0 Å². The van der Waals surface area contributed by atoms with Gasteiger partial charge in [0, 0.05) is 5.69 Å². The number of nitrogens with one attached hydrogen (secondary N) is 2. The van der Waals surface area contributed by atoms with E-state index in [4.69, 9.17) is 0 Å². The van der Waals surface area contributed by atoms with E-state index >= 15 is 0 Å². The van der Waals surface area contributed by atoms with Crippen LogP contribution in [0.1, 0.15) is 16.7 Å². The second kappa shape index (κ2) is 7.99. The van der Waals surface area contributed by atoms with Gasteiger partial charge in [-0.3, -0.25) is 14.4 Å². The minimum absolute atomic E-state index is 0.207. The molecular formula is C20H21N5O3. The van der Waals surface area contributed by atoms with Crippen LogP contribution in [0.5, 0.6) is 0 Å². The van der Waals surface area contributed by atoms with Gasteiger partial charge in [-0.15, -0.1) is 5.10 Å². The van der Waals surface area contributed by atoms with Crippen molar-refractivity contribution in [3.05, 3.63) is 63.4 Å². The molecule has 0 aliphatic rings. The van der Waals surface area contributed by atoms with Gasteiger partial charge in [0.2, 0.25) is 11.8 Å². The summed E-state index contributed by atoms with van der Waals surface area (Å²) in [4.78, 5) is 36.6. The molecular weight excluding hydrogens is 358 g/mol. The van der Waals surface area contributed by atoms with Crippen LogP contribution >= 0.6 is 0 Å². The Balaban J connectivity index is 1.61. The predicted octanol–water partition coefficient (Wildman–Crippen LogP) is 1.47. The Hall–Kier alpha value is -3.55. The van der Waals surface area contributed by atoms with Gasteiger partial charge < -0.3 is 10.6 Å². The number of aromatic nitrogens is 3. The maximum Gasteiger partial charge on any atom is 0.278 e. The summed E-state index contributed by atoms with van der Waals surface area (Å²) in [6.45, 7) is 5.30. The normalized spacial score (nSPS) is 10.7. The van der Waals surface area contributed by atoms with E-state index in [2.05, 4.69) is 20.9 Å². The average Bonchev–Trinajstić information content (AvgIpc) is 2.65. The maximum atomic E-state index is 12.3. The van der Waals surface area contributed by atoms with Crippen molar-refractivity contribution in [3.63, 3.8) is 0 Å². The molecule has 2 aromatic carbocycles. The summed E-state index contributed by atoms with van der Waals surface area (Å²) in [5.41, 5.74) is 3.82. The molecule has 28 heavy (non-hydrogen) atoms. The molecule has 0 bridgehead atoms. The van der Waals surface area contributed by atoms with Gasteiger partial charge in [-0.05, 0) is 44.0 Å². The van der Waals surface area contributed by atoms with E-state index in [-0.39, 0.29) is 19.0 Å². The lowest BCUT2D eigenvalue weighted by atomic mass is 10.1. The van der Waals surface area contributed by atoms with E-state index in [1.807, 2.05) is 32.9 Å². The molecule has 0 atom stereocenters. The molecule has 0 unspecified atom stereocenters. The van der Waals surface area contributed by atoms with Gasteiger partial charge in [0.25, 0.3) is 5.56 Å². The lowest BCUT2D eigenvalue weighted by Gasteiger charge is -2.13. The number of amides is 2. The predicted molar refractivity (Wildman–Crippen MR) is 106 cm³/mol. The van der Waals surface area contributed by atoms with E-state index in [1.54, 1.807) is 24.3 Å². The van der Waals surface area contributed by atoms with Crippen LogP contribution in [0.4, 0.5) is 5.69 Å². The summed E-state index contributed by atoms with van der Waals surface area (Å²) in [7, 11) is 0. The molecule has 1 aromatic heterocycles. The van der Waals surface area contributed by atoms with Crippen LogP contribution in [0.15, 0.2) is 41.2 Å². The first-order valence-electron chi connectivity index (χ1n) is 8.82. The van der Waals surface area contributed by atoms with E-state index < -0.39 is 11.5 Å². The van der Waals surface area contributed by atoms with Crippen molar-refractivity contribution in [2.24, 2.45) is 0 Å². The molecule has 2 amide bonds. The fourth-order valence-electron chi connectivity index (χ4n) is 3.06. The van der Waals surface area contributed by atoms with Crippen molar-refractivity contribution in [2.45, 2.75) is 27.3 Å². The Morgan fingerprint density at radius 2 is 1.71 bits per heavy atom. The zero-order valence-electron chi connectivity index (χ0n) is 15.9. The third-order valence-corrected chi connectivity index (χ3v) is 4.31. The Morgan fingerprint density at radius 3 is 2.43 bits per heavy atom. The lowest BCUT2D eigenvalue weighted by molar-refractivity contribution is -0.124. The van der Waals surface area contributed by atoms with Crippen molar-refractivity contribution in [1.82, 2.24) is 20.3 Å². The first-order valence-corrected chi connectivity index (χ1v) is 8.82. The molecule has 0 saturated heterocycles. The van der Waals surface area contributed by atoms with Gasteiger partial charge in [0.1, 0.15) is 12.1 Å². The van der Waals surface area contributed by atoms with Gasteiger partial charge >= 0.3 is 0 Å². The SMILES string of the molecule is Cc1cc(C)c(NC(=O)CNC(=O)Cn2nnc3ccccc3c2=O)c(C)c1. The second-order valence-corrected chi connectivity index (χ2v) is 6.67. The van der Waals surface area contributed by atoms with Crippen molar-refractivity contribution < 1.29 is 9.59 Å². The molecule has 0 spiro atoms. The quantitative estimate of drug-likeness (QED) is 0.698. The first-order chi connectivity index (χ1) is 13.3. The zero-order chi connectivity index (χ0) is 20.3. The number of rotatable bonds is 5. The molecule has 8 nitrogen and oxygen atoms in total. The van der Waals surface area contributed by atoms with Crippen molar-refractivity contribution in [2.75, 3.05) is 11.9 Å². The number of carbonyl (C=O) groups is 2. The van der Waals surface area contributed by atoms with Gasteiger partial charge in [0.05, 0.1) is 11.9 Å². The molecule has 1 heterocycles. The smallest absolute Gasteiger partial charge is 0.278 e. The summed E-state index contributed by atoms with van der Waals surface area (Å²) < 4.78 is 0.976.